The second-order valence-corrected chi connectivity index (χ2v) is 2.04. The van der Waals surface area contributed by atoms with Gasteiger partial charge in [-0.2, -0.15) is 5.10 Å². The SMILES string of the molecule is CCOC(=O)c1cn[nH]c1OC. The summed E-state index contributed by atoms with van der Waals surface area (Å²) in [6, 6.07) is 0. The van der Waals surface area contributed by atoms with Gasteiger partial charge in [0.1, 0.15) is 5.56 Å². The normalized spacial score (nSPS) is 9.50. The van der Waals surface area contributed by atoms with Crippen LogP contribution >= 0.6 is 0 Å². The fourth-order valence-corrected chi connectivity index (χ4v) is 0.784. The summed E-state index contributed by atoms with van der Waals surface area (Å²) >= 11 is 0. The maximum Gasteiger partial charge on any atom is 0.345 e. The maximum absolute atomic E-state index is 11.1. The molecule has 0 spiro atoms. The van der Waals surface area contributed by atoms with Gasteiger partial charge in [0.15, 0.2) is 0 Å². The molecule has 0 radical (unpaired) electrons. The molecule has 0 aliphatic carbocycles. The molecule has 5 heteroatoms. The molecule has 0 atom stereocenters. The first-order chi connectivity index (χ1) is 5.79. The topological polar surface area (TPSA) is 64.2 Å². The van der Waals surface area contributed by atoms with Gasteiger partial charge in [0, 0.05) is 0 Å². The Morgan fingerprint density at radius 1 is 1.75 bits per heavy atom. The quantitative estimate of drug-likeness (QED) is 0.674. The minimum absolute atomic E-state index is 0.319. The summed E-state index contributed by atoms with van der Waals surface area (Å²) in [4.78, 5) is 11.1. The van der Waals surface area contributed by atoms with Crippen molar-refractivity contribution in [3.8, 4) is 5.88 Å². The van der Waals surface area contributed by atoms with E-state index in [1.807, 2.05) is 0 Å². The molecule has 66 valence electrons. The Bertz CT molecular complexity index is 269. The molecule has 1 aromatic rings. The number of aromatic amines is 1. The second-order valence-electron chi connectivity index (χ2n) is 2.04. The Balaban J connectivity index is 2.79. The molecule has 1 heterocycles. The van der Waals surface area contributed by atoms with Gasteiger partial charge in [-0.05, 0) is 6.92 Å². The summed E-state index contributed by atoms with van der Waals surface area (Å²) < 4.78 is 9.58. The molecule has 0 fully saturated rings. The van der Waals surface area contributed by atoms with Crippen LogP contribution in [0.15, 0.2) is 6.20 Å². The van der Waals surface area contributed by atoms with Crippen molar-refractivity contribution in [2.75, 3.05) is 13.7 Å². The van der Waals surface area contributed by atoms with Crippen molar-refractivity contribution in [3.05, 3.63) is 11.8 Å². The van der Waals surface area contributed by atoms with Crippen LogP contribution in [0.2, 0.25) is 0 Å². The smallest absolute Gasteiger partial charge is 0.345 e. The average Bonchev–Trinajstić information content (AvgIpc) is 2.51. The number of esters is 1. The van der Waals surface area contributed by atoms with E-state index in [4.69, 9.17) is 9.47 Å². The number of carbonyl (C=O) groups excluding carboxylic acids is 1. The molecular weight excluding hydrogens is 160 g/mol. The van der Waals surface area contributed by atoms with Crippen LogP contribution in [-0.2, 0) is 4.74 Å². The van der Waals surface area contributed by atoms with E-state index in [1.54, 1.807) is 6.92 Å². The summed E-state index contributed by atoms with van der Waals surface area (Å²) in [6.07, 6.45) is 1.37. The van der Waals surface area contributed by atoms with Crippen molar-refractivity contribution in [1.29, 1.82) is 0 Å². The van der Waals surface area contributed by atoms with Gasteiger partial charge in [0.25, 0.3) is 0 Å². The van der Waals surface area contributed by atoms with Gasteiger partial charge < -0.3 is 9.47 Å². The number of nitrogens with one attached hydrogen (secondary N) is 1. The highest BCUT2D eigenvalue weighted by atomic mass is 16.5. The van der Waals surface area contributed by atoms with Gasteiger partial charge in [-0.25, -0.2) is 9.89 Å². The van der Waals surface area contributed by atoms with Gasteiger partial charge in [0.05, 0.1) is 19.9 Å². The predicted octanol–water partition coefficient (Wildman–Crippen LogP) is 0.595. The van der Waals surface area contributed by atoms with Crippen LogP contribution in [0, 0.1) is 0 Å². The van der Waals surface area contributed by atoms with Crippen LogP contribution in [0.5, 0.6) is 5.88 Å². The highest BCUT2D eigenvalue weighted by Crippen LogP contribution is 2.13. The Kier molecular flexibility index (Phi) is 2.68. The van der Waals surface area contributed by atoms with Gasteiger partial charge in [0.2, 0.25) is 5.88 Å². The summed E-state index contributed by atoms with van der Waals surface area (Å²) in [6.45, 7) is 2.08. The van der Waals surface area contributed by atoms with Crippen molar-refractivity contribution in [1.82, 2.24) is 10.2 Å². The molecule has 12 heavy (non-hydrogen) atoms. The molecule has 0 aliphatic heterocycles. The van der Waals surface area contributed by atoms with Gasteiger partial charge in [-0.3, -0.25) is 0 Å². The number of H-pyrrole nitrogens is 1. The fraction of sp³-hybridized carbons (Fsp3) is 0.429. The highest BCUT2D eigenvalue weighted by molar-refractivity contribution is 5.91. The monoisotopic (exact) mass is 170 g/mol. The van der Waals surface area contributed by atoms with Crippen LogP contribution < -0.4 is 4.74 Å². The number of carbonyl (C=O) groups is 1. The van der Waals surface area contributed by atoms with Crippen LogP contribution in [-0.4, -0.2) is 29.9 Å². The molecule has 0 saturated carbocycles. The lowest BCUT2D eigenvalue weighted by Gasteiger charge is -2.00. The van der Waals surface area contributed by atoms with Gasteiger partial charge in [-0.15, -0.1) is 0 Å². The van der Waals surface area contributed by atoms with Crippen molar-refractivity contribution < 1.29 is 14.3 Å². The number of hydrogen-bond acceptors (Lipinski definition) is 4. The Hall–Kier alpha value is -1.52. The van der Waals surface area contributed by atoms with Crippen LogP contribution in [0.1, 0.15) is 17.3 Å². The van der Waals surface area contributed by atoms with Crippen molar-refractivity contribution in [2.45, 2.75) is 6.92 Å². The zero-order valence-electron chi connectivity index (χ0n) is 6.96. The van der Waals surface area contributed by atoms with E-state index in [0.717, 1.165) is 0 Å². The minimum Gasteiger partial charge on any atom is -0.481 e. The summed E-state index contributed by atoms with van der Waals surface area (Å²) in [5.41, 5.74) is 0.319. The zero-order valence-corrected chi connectivity index (χ0v) is 6.96. The maximum atomic E-state index is 11.1. The molecule has 1 rings (SSSR count). The van der Waals surface area contributed by atoms with E-state index >= 15 is 0 Å². The highest BCUT2D eigenvalue weighted by Gasteiger charge is 2.14. The zero-order chi connectivity index (χ0) is 8.97. The number of ether oxygens (including phenoxy) is 2. The summed E-state index contributed by atoms with van der Waals surface area (Å²) in [5.74, 6) is -0.100. The number of hydrogen-bond donors (Lipinski definition) is 1. The third-order valence-corrected chi connectivity index (χ3v) is 1.30. The van der Waals surface area contributed by atoms with Crippen LogP contribution in [0.4, 0.5) is 0 Å². The first-order valence-corrected chi connectivity index (χ1v) is 3.54. The first kappa shape index (κ1) is 8.58. The minimum atomic E-state index is -0.428. The molecular formula is C7H10N2O3. The molecule has 0 unspecified atom stereocenters. The van der Waals surface area contributed by atoms with Gasteiger partial charge >= 0.3 is 5.97 Å². The summed E-state index contributed by atoms with van der Waals surface area (Å²) in [5, 5.41) is 6.17. The van der Waals surface area contributed by atoms with Crippen LogP contribution in [0.3, 0.4) is 0 Å². The average molecular weight is 170 g/mol. The number of rotatable bonds is 3. The molecule has 0 amide bonds. The van der Waals surface area contributed by atoms with E-state index in [1.165, 1.54) is 13.3 Å². The first-order valence-electron chi connectivity index (χ1n) is 3.54. The number of methoxy groups -OCH3 is 1. The fourth-order valence-electron chi connectivity index (χ4n) is 0.784. The molecule has 1 aromatic heterocycles. The second kappa shape index (κ2) is 3.75. The largest absolute Gasteiger partial charge is 0.481 e. The number of aromatic nitrogens is 2. The van der Waals surface area contributed by atoms with E-state index < -0.39 is 5.97 Å². The third kappa shape index (κ3) is 1.55. The molecule has 1 N–H and O–H groups in total. The standard InChI is InChI=1S/C7H10N2O3/c1-3-12-7(10)5-4-8-9-6(5)11-2/h4H,3H2,1-2H3,(H,8,9). The molecule has 0 bridgehead atoms. The third-order valence-electron chi connectivity index (χ3n) is 1.30. The Morgan fingerprint density at radius 2 is 2.50 bits per heavy atom. The molecule has 5 nitrogen and oxygen atoms in total. The van der Waals surface area contributed by atoms with E-state index in [0.29, 0.717) is 18.1 Å². The van der Waals surface area contributed by atoms with E-state index in [-0.39, 0.29) is 0 Å². The number of nitrogens with zero attached hydrogens (tertiary/aromatic N) is 1. The lowest BCUT2D eigenvalue weighted by atomic mass is 10.3. The van der Waals surface area contributed by atoms with Crippen molar-refractivity contribution in [2.24, 2.45) is 0 Å². The van der Waals surface area contributed by atoms with Crippen molar-refractivity contribution >= 4 is 5.97 Å². The lowest BCUT2D eigenvalue weighted by Crippen LogP contribution is -2.04. The summed E-state index contributed by atoms with van der Waals surface area (Å²) in [7, 11) is 1.45. The molecule has 0 saturated heterocycles. The predicted molar refractivity (Wildman–Crippen MR) is 41.1 cm³/mol. The Morgan fingerprint density at radius 3 is 3.08 bits per heavy atom. The lowest BCUT2D eigenvalue weighted by molar-refractivity contribution is 0.0523. The Labute approximate surface area is 69.7 Å². The van der Waals surface area contributed by atoms with E-state index in [2.05, 4.69) is 10.2 Å². The van der Waals surface area contributed by atoms with Crippen molar-refractivity contribution in [3.63, 3.8) is 0 Å². The van der Waals surface area contributed by atoms with Gasteiger partial charge in [-0.1, -0.05) is 0 Å². The van der Waals surface area contributed by atoms with E-state index in [9.17, 15) is 4.79 Å². The molecule has 0 aliphatic rings. The molecule has 0 aromatic carbocycles. The van der Waals surface area contributed by atoms with Crippen LogP contribution in [0.25, 0.3) is 0 Å².